The lowest BCUT2D eigenvalue weighted by Gasteiger charge is -2.20. The van der Waals surface area contributed by atoms with Crippen molar-refractivity contribution in [2.24, 2.45) is 0 Å². The Morgan fingerprint density at radius 1 is 0.337 bits per heavy atom. The SMILES string of the molecule is CCCC/C=C\C/C=C\CCCCCCCC(=O)OCCCCCCCCCCCCCCCCCCCCCCCCCCCCCCCCCC(=O)NC(CO)C(O)/C=C/CCCCCCCCCCCCCCCCCCCCC. The van der Waals surface area contributed by atoms with Gasteiger partial charge in [-0.3, -0.25) is 9.59 Å². The van der Waals surface area contributed by atoms with Crippen molar-refractivity contribution in [3.63, 3.8) is 0 Å². The molecule has 0 heterocycles. The van der Waals surface area contributed by atoms with Gasteiger partial charge in [0.15, 0.2) is 0 Å². The molecular formula is C77H147NO5. The molecule has 0 saturated heterocycles. The number of esters is 1. The van der Waals surface area contributed by atoms with Gasteiger partial charge in [-0.15, -0.1) is 0 Å². The number of aliphatic hydroxyl groups excluding tert-OH is 2. The number of nitrogens with one attached hydrogen (secondary N) is 1. The molecule has 2 atom stereocenters. The highest BCUT2D eigenvalue weighted by atomic mass is 16.5. The first-order chi connectivity index (χ1) is 41.0. The topological polar surface area (TPSA) is 95.9 Å². The maximum Gasteiger partial charge on any atom is 0.305 e. The summed E-state index contributed by atoms with van der Waals surface area (Å²) in [5.41, 5.74) is 0. The number of hydrogen-bond acceptors (Lipinski definition) is 5. The van der Waals surface area contributed by atoms with Gasteiger partial charge in [0.05, 0.1) is 25.4 Å². The average molecular weight is 1170 g/mol. The lowest BCUT2D eigenvalue weighted by atomic mass is 10.0. The smallest absolute Gasteiger partial charge is 0.305 e. The van der Waals surface area contributed by atoms with E-state index in [1.54, 1.807) is 6.08 Å². The van der Waals surface area contributed by atoms with Crippen molar-refractivity contribution in [3.05, 3.63) is 36.5 Å². The van der Waals surface area contributed by atoms with E-state index in [1.807, 2.05) is 6.08 Å². The van der Waals surface area contributed by atoms with E-state index in [2.05, 4.69) is 43.5 Å². The van der Waals surface area contributed by atoms with E-state index >= 15 is 0 Å². The molecule has 6 nitrogen and oxygen atoms in total. The molecule has 0 rings (SSSR count). The van der Waals surface area contributed by atoms with Crippen molar-refractivity contribution in [2.75, 3.05) is 13.2 Å². The van der Waals surface area contributed by atoms with Crippen LogP contribution in [0.1, 0.15) is 418 Å². The fourth-order valence-electron chi connectivity index (χ4n) is 11.9. The Morgan fingerprint density at radius 2 is 0.614 bits per heavy atom. The number of carbonyl (C=O) groups excluding carboxylic acids is 2. The zero-order valence-corrected chi connectivity index (χ0v) is 56.2. The van der Waals surface area contributed by atoms with Crippen molar-refractivity contribution >= 4 is 11.9 Å². The molecule has 0 fully saturated rings. The number of aliphatic hydroxyl groups is 2. The van der Waals surface area contributed by atoms with E-state index in [0.717, 1.165) is 51.4 Å². The molecule has 3 N–H and O–H groups in total. The molecule has 1 amide bonds. The van der Waals surface area contributed by atoms with Gasteiger partial charge in [0, 0.05) is 12.8 Å². The molecule has 0 aromatic heterocycles. The normalized spacial score (nSPS) is 12.7. The Balaban J connectivity index is 3.36. The van der Waals surface area contributed by atoms with Crippen molar-refractivity contribution in [1.29, 1.82) is 0 Å². The molecule has 0 aromatic carbocycles. The highest BCUT2D eigenvalue weighted by molar-refractivity contribution is 5.76. The Hall–Kier alpha value is -1.92. The fraction of sp³-hybridized carbons (Fsp3) is 0.896. The van der Waals surface area contributed by atoms with Gasteiger partial charge in [-0.25, -0.2) is 0 Å². The van der Waals surface area contributed by atoms with Gasteiger partial charge in [0.2, 0.25) is 5.91 Å². The van der Waals surface area contributed by atoms with Gasteiger partial charge in [-0.05, 0) is 57.8 Å². The Morgan fingerprint density at radius 3 is 0.952 bits per heavy atom. The summed E-state index contributed by atoms with van der Waals surface area (Å²) in [6.07, 6.45) is 93.9. The standard InChI is InChI=1S/C77H147NO5/c1-3-5-7-9-11-13-15-17-19-20-21-33-36-39-42-45-49-53-57-61-65-69-75(80)74(73-79)78-76(81)70-66-62-58-54-50-46-43-40-37-34-31-29-27-25-23-22-24-26-28-30-32-35-38-41-44-48-52-56-60-64-68-72-83-77(82)71-67-63-59-55-51-47-18-16-14-12-10-8-6-4-2/h10,12,16,18,65,69,74-75,79-80H,3-9,11,13-15,17,19-64,66-68,70-73H2,1-2H3,(H,78,81)/b12-10-,18-16-,69-65+. The van der Waals surface area contributed by atoms with Crippen LogP contribution in [0.3, 0.4) is 0 Å². The van der Waals surface area contributed by atoms with Crippen LogP contribution in [0, 0.1) is 0 Å². The van der Waals surface area contributed by atoms with Gasteiger partial charge in [0.25, 0.3) is 0 Å². The third kappa shape index (κ3) is 69.1. The number of carbonyl (C=O) groups is 2. The quantitative estimate of drug-likeness (QED) is 0.0320. The molecule has 0 aliphatic rings. The average Bonchev–Trinajstić information content (AvgIpc) is 3.49. The summed E-state index contributed by atoms with van der Waals surface area (Å²) in [6.45, 7) is 4.90. The molecule has 0 spiro atoms. The fourth-order valence-corrected chi connectivity index (χ4v) is 11.9. The van der Waals surface area contributed by atoms with Gasteiger partial charge < -0.3 is 20.3 Å². The lowest BCUT2D eigenvalue weighted by Crippen LogP contribution is -2.45. The molecule has 0 aliphatic heterocycles. The molecule has 490 valence electrons. The Bertz CT molecular complexity index is 1340. The maximum atomic E-state index is 12.5. The zero-order valence-electron chi connectivity index (χ0n) is 56.2. The van der Waals surface area contributed by atoms with Gasteiger partial charge >= 0.3 is 5.97 Å². The van der Waals surface area contributed by atoms with E-state index in [9.17, 15) is 19.8 Å². The number of allylic oxidation sites excluding steroid dienone is 5. The molecule has 0 saturated carbocycles. The van der Waals surface area contributed by atoms with E-state index in [-0.39, 0.29) is 18.5 Å². The second-order valence-electron chi connectivity index (χ2n) is 26.0. The van der Waals surface area contributed by atoms with Crippen LogP contribution in [0.4, 0.5) is 0 Å². The molecule has 0 aliphatic carbocycles. The summed E-state index contributed by atoms with van der Waals surface area (Å²) in [5, 5.41) is 23.3. The predicted octanol–water partition coefficient (Wildman–Crippen LogP) is 24.7. The van der Waals surface area contributed by atoms with Crippen molar-refractivity contribution in [1.82, 2.24) is 5.32 Å². The third-order valence-electron chi connectivity index (χ3n) is 17.7. The molecule has 0 radical (unpaired) electrons. The van der Waals surface area contributed by atoms with Crippen LogP contribution in [0.25, 0.3) is 0 Å². The van der Waals surface area contributed by atoms with Crippen LogP contribution in [0.2, 0.25) is 0 Å². The minimum Gasteiger partial charge on any atom is -0.466 e. The molecule has 6 heteroatoms. The first-order valence-corrected chi connectivity index (χ1v) is 37.8. The molecule has 83 heavy (non-hydrogen) atoms. The van der Waals surface area contributed by atoms with E-state index in [1.165, 1.54) is 340 Å². The first kappa shape index (κ1) is 81.1. The van der Waals surface area contributed by atoms with Crippen LogP contribution >= 0.6 is 0 Å². The van der Waals surface area contributed by atoms with Gasteiger partial charge in [-0.1, -0.05) is 384 Å². The van der Waals surface area contributed by atoms with Gasteiger partial charge in [0.1, 0.15) is 0 Å². The monoisotopic (exact) mass is 1170 g/mol. The number of rotatable bonds is 71. The van der Waals surface area contributed by atoms with Crippen molar-refractivity contribution in [2.45, 2.75) is 431 Å². The molecule has 0 aromatic rings. The zero-order chi connectivity index (χ0) is 59.9. The highest BCUT2D eigenvalue weighted by Crippen LogP contribution is 2.19. The Labute approximate surface area is 519 Å². The Kier molecular flexibility index (Phi) is 70.9. The molecular weight excluding hydrogens is 1020 g/mol. The largest absolute Gasteiger partial charge is 0.466 e. The van der Waals surface area contributed by atoms with Crippen LogP contribution in [-0.2, 0) is 14.3 Å². The third-order valence-corrected chi connectivity index (χ3v) is 17.7. The first-order valence-electron chi connectivity index (χ1n) is 37.8. The maximum absolute atomic E-state index is 12.5. The summed E-state index contributed by atoms with van der Waals surface area (Å²) in [5.74, 6) is -0.0534. The van der Waals surface area contributed by atoms with E-state index in [4.69, 9.17) is 4.74 Å². The molecule has 0 bridgehead atoms. The molecule has 2 unspecified atom stereocenters. The predicted molar refractivity (Wildman–Crippen MR) is 366 cm³/mol. The second-order valence-corrected chi connectivity index (χ2v) is 26.0. The van der Waals surface area contributed by atoms with Gasteiger partial charge in [-0.2, -0.15) is 0 Å². The van der Waals surface area contributed by atoms with Crippen LogP contribution in [0.15, 0.2) is 36.5 Å². The van der Waals surface area contributed by atoms with Crippen LogP contribution < -0.4 is 5.32 Å². The van der Waals surface area contributed by atoms with Crippen molar-refractivity contribution < 1.29 is 24.5 Å². The second kappa shape index (κ2) is 72.6. The number of hydrogen-bond donors (Lipinski definition) is 3. The number of unbranched alkanes of at least 4 members (excludes halogenated alkanes) is 56. The van der Waals surface area contributed by atoms with Crippen molar-refractivity contribution in [3.8, 4) is 0 Å². The summed E-state index contributed by atoms with van der Waals surface area (Å²) < 4.78 is 5.49. The van der Waals surface area contributed by atoms with E-state index < -0.39 is 12.1 Å². The minimum absolute atomic E-state index is 0.00621. The lowest BCUT2D eigenvalue weighted by molar-refractivity contribution is -0.143. The summed E-state index contributed by atoms with van der Waals surface area (Å²) in [7, 11) is 0. The minimum atomic E-state index is -0.843. The number of ether oxygens (including phenoxy) is 1. The summed E-state index contributed by atoms with van der Waals surface area (Å²) in [6, 6.07) is -0.626. The summed E-state index contributed by atoms with van der Waals surface area (Å²) >= 11 is 0. The van der Waals surface area contributed by atoms with Crippen LogP contribution in [-0.4, -0.2) is 47.4 Å². The number of amides is 1. The van der Waals surface area contributed by atoms with Crippen LogP contribution in [0.5, 0.6) is 0 Å². The highest BCUT2D eigenvalue weighted by Gasteiger charge is 2.18. The van der Waals surface area contributed by atoms with E-state index in [0.29, 0.717) is 19.4 Å². The summed E-state index contributed by atoms with van der Waals surface area (Å²) in [4.78, 5) is 24.6.